The minimum absolute atomic E-state index is 0.00892. The van der Waals surface area contributed by atoms with E-state index in [4.69, 9.17) is 47.2 Å². The largest absolute Gasteiger partial charge is 0.492 e. The van der Waals surface area contributed by atoms with Crippen molar-refractivity contribution in [3.8, 4) is 5.75 Å². The number of carbonyl (C=O) groups is 14. The molecular weight excluding hydrogens is 1980 g/mol. The topological polar surface area (TPSA) is 789 Å². The lowest BCUT2D eigenvalue weighted by Crippen LogP contribution is -2.64. The molecule has 0 aliphatic carbocycles. The van der Waals surface area contributed by atoms with Crippen molar-refractivity contribution in [3.05, 3.63) is 29.3 Å². The Morgan fingerprint density at radius 2 is 0.595 bits per heavy atom. The highest BCUT2D eigenvalue weighted by molar-refractivity contribution is 7.47. The summed E-state index contributed by atoms with van der Waals surface area (Å²) in [4.78, 5) is 192. The van der Waals surface area contributed by atoms with Crippen LogP contribution in [-0.4, -0.2) is 409 Å². The van der Waals surface area contributed by atoms with E-state index < -0.39 is 228 Å². The second kappa shape index (κ2) is 72.4. The molecule has 1 aromatic carbocycles. The highest BCUT2D eigenvalue weighted by atomic mass is 31.2. The molecule has 4 saturated heterocycles. The molecule has 4 aliphatic rings. The lowest BCUT2D eigenvalue weighted by molar-refractivity contribution is -0.270. The predicted molar refractivity (Wildman–Crippen MR) is 520 cm³/mol. The van der Waals surface area contributed by atoms with Crippen LogP contribution in [0.1, 0.15) is 235 Å². The predicted octanol–water partition coefficient (Wildman–Crippen LogP) is -5.89. The van der Waals surface area contributed by atoms with Gasteiger partial charge in [0, 0.05) is 157 Å². The Kier molecular flexibility index (Phi) is 63.3. The zero-order chi connectivity index (χ0) is 109. The molecule has 0 spiro atoms. The molecule has 27 N–H and O–H groups in total. The van der Waals surface area contributed by atoms with Crippen molar-refractivity contribution in [1.29, 1.82) is 0 Å². The van der Waals surface area contributed by atoms with Crippen molar-refractivity contribution in [3.63, 3.8) is 0 Å². The number of hydrogen-bond acceptors (Lipinski definition) is 38. The molecule has 5 rings (SSSR count). The van der Waals surface area contributed by atoms with E-state index in [9.17, 15) is 138 Å². The number of rotatable bonds is 75. The molecular formula is C94H161N14O39P. The smallest absolute Gasteiger partial charge is 0.471 e. The zero-order valence-electron chi connectivity index (χ0n) is 85.0. The van der Waals surface area contributed by atoms with Gasteiger partial charge in [-0.1, -0.05) is 38.5 Å². The maximum Gasteiger partial charge on any atom is 0.471 e. The number of amides is 14. The molecule has 846 valence electrons. The Morgan fingerprint density at radius 1 is 0.318 bits per heavy atom. The Bertz CT molecular complexity index is 4010. The van der Waals surface area contributed by atoms with E-state index in [0.29, 0.717) is 64.2 Å². The van der Waals surface area contributed by atoms with Crippen LogP contribution in [0.2, 0.25) is 0 Å². The molecule has 0 saturated carbocycles. The van der Waals surface area contributed by atoms with E-state index in [0.717, 1.165) is 45.6 Å². The van der Waals surface area contributed by atoms with E-state index in [1.165, 1.54) is 45.9 Å². The lowest BCUT2D eigenvalue weighted by Gasteiger charge is -2.42. The quantitative estimate of drug-likeness (QED) is 0.0213. The van der Waals surface area contributed by atoms with Gasteiger partial charge in [0.05, 0.1) is 39.6 Å². The van der Waals surface area contributed by atoms with E-state index >= 15 is 0 Å². The van der Waals surface area contributed by atoms with E-state index in [1.807, 2.05) is 0 Å². The minimum atomic E-state index is -4.08. The van der Waals surface area contributed by atoms with Gasteiger partial charge in [0.25, 0.3) is 11.8 Å². The van der Waals surface area contributed by atoms with Crippen LogP contribution >= 0.6 is 7.82 Å². The first-order valence-electron chi connectivity index (χ1n) is 50.9. The van der Waals surface area contributed by atoms with Gasteiger partial charge in [-0.05, 0) is 127 Å². The van der Waals surface area contributed by atoms with Crippen molar-refractivity contribution in [2.75, 3.05) is 126 Å². The summed E-state index contributed by atoms with van der Waals surface area (Å²) in [5.41, 5.74) is -0.206. The number of hydrogen-bond donors (Lipinski definition) is 27. The number of carbonyl (C=O) groups excluding carboxylic acids is 14. The van der Waals surface area contributed by atoms with Gasteiger partial charge in [0.1, 0.15) is 122 Å². The Balaban J connectivity index is 1.23. The van der Waals surface area contributed by atoms with Crippen molar-refractivity contribution < 1.29 is 190 Å². The summed E-state index contributed by atoms with van der Waals surface area (Å²) in [7, 11) is -3.03. The van der Waals surface area contributed by atoms with Gasteiger partial charge < -0.3 is 183 Å². The summed E-state index contributed by atoms with van der Waals surface area (Å²) in [6, 6.07) is -3.11. The number of unbranched alkanes of at least 4 members (excludes halogenated alkanes) is 13. The van der Waals surface area contributed by atoms with Gasteiger partial charge >= 0.3 is 7.82 Å². The SMILES string of the molecule is COP(=O)(O)OCCCNC(=O)CCCCCCCCCCC(=O)NCCOc1cc(C(=O)NCCNC(=O)C(CCCCNC(=O)CCCCOC2OC(CO)C(O)C(O)C2NC(C)=O)NC(=O)CCCCOC2OC(CO)C(O)C(O)C2NC(C)=O)cc(C(=O)NCCNC(=O)[C@H](CCCCNC(=O)CCCCOC2OC(CO)C(O)C(O)C2NC(C)=O)NC(=O)CCCCOC2OC(CO)C(O)C(O)C2NC(C)=O)c1. The van der Waals surface area contributed by atoms with Gasteiger partial charge in [0.15, 0.2) is 25.2 Å². The Morgan fingerprint density at radius 3 is 0.892 bits per heavy atom. The van der Waals surface area contributed by atoms with Gasteiger partial charge in [-0.15, -0.1) is 0 Å². The highest BCUT2D eigenvalue weighted by Crippen LogP contribution is 2.42. The molecule has 22 unspecified atom stereocenters. The van der Waals surface area contributed by atoms with Crippen LogP contribution < -0.4 is 79.2 Å². The molecule has 4 heterocycles. The highest BCUT2D eigenvalue weighted by Gasteiger charge is 2.50. The molecule has 4 fully saturated rings. The normalized spacial score (nSPS) is 24.5. The summed E-state index contributed by atoms with van der Waals surface area (Å²) in [6.07, 6.45) is -11.3. The average molecular weight is 2140 g/mol. The molecule has 23 atom stereocenters. The fraction of sp³-hybridized carbons (Fsp3) is 0.787. The monoisotopic (exact) mass is 2140 g/mol. The summed E-state index contributed by atoms with van der Waals surface area (Å²) < 4.78 is 72.1. The van der Waals surface area contributed by atoms with Gasteiger partial charge in [-0.3, -0.25) is 76.2 Å². The molecule has 4 aliphatic heterocycles. The van der Waals surface area contributed by atoms with E-state index in [2.05, 4.69) is 79.0 Å². The fourth-order valence-corrected chi connectivity index (χ4v) is 16.7. The van der Waals surface area contributed by atoms with Crippen LogP contribution in [0.25, 0.3) is 0 Å². The molecule has 53 nitrogen and oxygen atoms in total. The molecule has 54 heteroatoms. The maximum absolute atomic E-state index is 14.2. The molecule has 0 radical (unpaired) electrons. The Hall–Kier alpha value is -9.09. The van der Waals surface area contributed by atoms with Crippen LogP contribution in [0.15, 0.2) is 18.2 Å². The van der Waals surface area contributed by atoms with Crippen LogP contribution in [0.4, 0.5) is 0 Å². The second-order valence-electron chi connectivity index (χ2n) is 36.5. The first kappa shape index (κ1) is 129. The third-order valence-electron chi connectivity index (χ3n) is 24.3. The molecule has 14 amide bonds. The molecule has 0 bridgehead atoms. The van der Waals surface area contributed by atoms with Crippen LogP contribution in [-0.2, 0) is 109 Å². The van der Waals surface area contributed by atoms with Crippen molar-refractivity contribution >= 4 is 90.5 Å². The fourth-order valence-electron chi connectivity index (χ4n) is 16.3. The number of ether oxygens (including phenoxy) is 9. The minimum Gasteiger partial charge on any atom is -0.492 e. The van der Waals surface area contributed by atoms with Crippen molar-refractivity contribution in [1.82, 2.24) is 74.4 Å². The maximum atomic E-state index is 14.2. The number of aliphatic hydroxyl groups is 12. The molecule has 1 aromatic rings. The van der Waals surface area contributed by atoms with Gasteiger partial charge in [-0.25, -0.2) is 4.57 Å². The standard InChI is InChI=1S/C94H161N14O39P/c1-56(113)103-75-83(127)79(123)65(52-109)144-91(75)139-43-22-16-31-70(118)95-35-20-14-27-63(107-73(121)33-18-24-45-141-93-77(105-58(3)115)85(129)81(125)67(54-111)146-93)89(133)101-40-38-99-87(131)60-49-61(51-62(50-60)138-48-42-98-72(120)30-13-11-9-7-6-8-10-12-29-69(117)97-37-26-47-143-148(135,136)137-5)88(132)100-39-41-102-90(134)64(108-74(122)34-19-25-46-142-94-78(106-59(4)116)86(130)82(126)68(55-112)147-94)28-15-21-36-96-71(119)32-17-23-44-140-92-76(104-57(2)114)84(128)80(124)66(53-110)145-92/h49-51,63-68,75-86,91-94,109-112,123-130H,6-48,52-55H2,1-5H3,(H,95,118)(H,96,119)(H,97,117)(H,98,120)(H,99,131)(H,100,132)(H,101,133)(H,102,134)(H,103,113)(H,104,114)(H,105,115)(H,106,116)(H,107,121)(H,108,122)(H,135,136)/t63-,64?,65?,66?,67?,68?,75?,76?,77?,78?,79?,80?,81?,82?,83?,84?,85?,86?,91?,92?,93?,94?/m0/s1. The van der Waals surface area contributed by atoms with Gasteiger partial charge in [0.2, 0.25) is 70.9 Å². The molecule has 148 heavy (non-hydrogen) atoms. The van der Waals surface area contributed by atoms with Crippen molar-refractivity contribution in [2.45, 2.75) is 349 Å². The Labute approximate surface area is 860 Å². The first-order chi connectivity index (χ1) is 70.7. The van der Waals surface area contributed by atoms with Crippen molar-refractivity contribution in [2.24, 2.45) is 0 Å². The third-order valence-corrected chi connectivity index (χ3v) is 25.3. The van der Waals surface area contributed by atoms with Crippen LogP contribution in [0, 0.1) is 0 Å². The summed E-state index contributed by atoms with van der Waals surface area (Å²) in [5.74, 6) is -7.12. The zero-order valence-corrected chi connectivity index (χ0v) is 85.9. The van der Waals surface area contributed by atoms with E-state index in [1.54, 1.807) is 0 Å². The van der Waals surface area contributed by atoms with Gasteiger partial charge in [-0.2, -0.15) is 0 Å². The number of aliphatic hydroxyl groups excluding tert-OH is 12. The van der Waals surface area contributed by atoms with Crippen LogP contribution in [0.3, 0.4) is 0 Å². The molecule has 0 aromatic heterocycles. The van der Waals surface area contributed by atoms with E-state index in [-0.39, 0.29) is 216 Å². The van der Waals surface area contributed by atoms with Crippen LogP contribution in [0.5, 0.6) is 5.75 Å². The number of phosphoric ester groups is 1. The second-order valence-corrected chi connectivity index (χ2v) is 38.1. The summed E-state index contributed by atoms with van der Waals surface area (Å²) in [6.45, 7) is 1.59. The summed E-state index contributed by atoms with van der Waals surface area (Å²) >= 11 is 0. The number of phosphoric acid groups is 1. The average Bonchev–Trinajstić information content (AvgIpc) is 1.01. The first-order valence-corrected chi connectivity index (χ1v) is 52.4. The number of nitrogens with one attached hydrogen (secondary N) is 14. The third kappa shape index (κ3) is 50.0. The lowest BCUT2D eigenvalue weighted by atomic mass is 9.97. The summed E-state index contributed by atoms with van der Waals surface area (Å²) in [5, 5.41) is 161. The number of benzene rings is 1.